The van der Waals surface area contributed by atoms with Gasteiger partial charge in [0, 0.05) is 36.3 Å². The molecule has 1 atom stereocenters. The Morgan fingerprint density at radius 1 is 1.33 bits per heavy atom. The summed E-state index contributed by atoms with van der Waals surface area (Å²) in [6.45, 7) is 4.85. The lowest BCUT2D eigenvalue weighted by atomic mass is 10.0. The van der Waals surface area contributed by atoms with Crippen LogP contribution in [0.5, 0.6) is 0 Å². The number of nitrogens with zero attached hydrogens (tertiary/aromatic N) is 4. The van der Waals surface area contributed by atoms with Crippen LogP contribution in [0, 0.1) is 0 Å². The quantitative estimate of drug-likeness (QED) is 0.930. The van der Waals surface area contributed by atoms with Gasteiger partial charge in [0.2, 0.25) is 0 Å². The van der Waals surface area contributed by atoms with Crippen molar-refractivity contribution in [2.45, 2.75) is 45.1 Å². The predicted octanol–water partition coefficient (Wildman–Crippen LogP) is 3.11. The largest absolute Gasteiger partial charge is 0.480 e. The average Bonchev–Trinajstić information content (AvgIpc) is 2.62. The molecule has 0 amide bonds. The zero-order valence-electron chi connectivity index (χ0n) is 14.0. The minimum absolute atomic E-state index is 0.232. The molecule has 0 aliphatic carbocycles. The number of hydrogen-bond acceptors (Lipinski definition) is 5. The van der Waals surface area contributed by atoms with Crippen LogP contribution in [0.3, 0.4) is 0 Å². The van der Waals surface area contributed by atoms with Gasteiger partial charge in [-0.3, -0.25) is 4.98 Å². The molecule has 24 heavy (non-hydrogen) atoms. The Hall–Kier alpha value is -2.50. The summed E-state index contributed by atoms with van der Waals surface area (Å²) in [5, 5.41) is 9.54. The smallest absolute Gasteiger partial charge is 0.326 e. The molecule has 3 heterocycles. The van der Waals surface area contributed by atoms with Crippen molar-refractivity contribution < 1.29 is 9.90 Å². The highest BCUT2D eigenvalue weighted by Crippen LogP contribution is 2.28. The second kappa shape index (κ2) is 6.95. The van der Waals surface area contributed by atoms with E-state index in [1.807, 2.05) is 23.1 Å². The van der Waals surface area contributed by atoms with Crippen LogP contribution in [-0.4, -0.2) is 38.6 Å². The first-order chi connectivity index (χ1) is 11.6. The summed E-state index contributed by atoms with van der Waals surface area (Å²) in [5.74, 6) is 0.733. The lowest BCUT2D eigenvalue weighted by Gasteiger charge is -2.34. The second-order valence-electron chi connectivity index (χ2n) is 6.41. The maximum Gasteiger partial charge on any atom is 0.326 e. The number of pyridine rings is 1. The number of anilines is 1. The summed E-state index contributed by atoms with van der Waals surface area (Å²) in [6.07, 6.45) is 6.01. The molecule has 1 aliphatic heterocycles. The van der Waals surface area contributed by atoms with Gasteiger partial charge in [-0.05, 0) is 37.3 Å². The van der Waals surface area contributed by atoms with Crippen LogP contribution in [0.1, 0.15) is 44.7 Å². The van der Waals surface area contributed by atoms with Gasteiger partial charge in [-0.15, -0.1) is 0 Å². The van der Waals surface area contributed by atoms with Gasteiger partial charge < -0.3 is 10.0 Å². The number of carbonyl (C=O) groups is 1. The van der Waals surface area contributed by atoms with E-state index in [4.69, 9.17) is 0 Å². The number of piperidine rings is 1. The zero-order valence-corrected chi connectivity index (χ0v) is 14.0. The lowest BCUT2D eigenvalue weighted by Crippen LogP contribution is -2.45. The van der Waals surface area contributed by atoms with Crippen molar-refractivity contribution >= 4 is 11.8 Å². The Bertz CT molecular complexity index is 718. The van der Waals surface area contributed by atoms with E-state index in [9.17, 15) is 9.90 Å². The molecule has 1 N–H and O–H groups in total. The van der Waals surface area contributed by atoms with Crippen LogP contribution < -0.4 is 4.90 Å². The summed E-state index contributed by atoms with van der Waals surface area (Å²) >= 11 is 0. The summed E-state index contributed by atoms with van der Waals surface area (Å²) in [4.78, 5) is 26.9. The maximum absolute atomic E-state index is 11.6. The number of carboxylic acids is 1. The van der Waals surface area contributed by atoms with Crippen LogP contribution >= 0.6 is 0 Å². The van der Waals surface area contributed by atoms with Crippen LogP contribution in [0.15, 0.2) is 30.6 Å². The van der Waals surface area contributed by atoms with Crippen molar-refractivity contribution in [3.05, 3.63) is 36.3 Å². The summed E-state index contributed by atoms with van der Waals surface area (Å²) in [6, 6.07) is 5.17. The highest BCUT2D eigenvalue weighted by atomic mass is 16.4. The molecule has 2 aromatic heterocycles. The van der Waals surface area contributed by atoms with Crippen LogP contribution in [0.4, 0.5) is 5.82 Å². The van der Waals surface area contributed by atoms with Gasteiger partial charge in [0.15, 0.2) is 5.82 Å². The molecule has 0 spiro atoms. The molecule has 3 rings (SSSR count). The van der Waals surface area contributed by atoms with Crippen molar-refractivity contribution in [3.8, 4) is 11.4 Å². The Morgan fingerprint density at radius 3 is 2.83 bits per heavy atom. The number of carboxylic acid groups (broad SMARTS) is 1. The highest BCUT2D eigenvalue weighted by Gasteiger charge is 2.30. The minimum atomic E-state index is -0.790. The van der Waals surface area contributed by atoms with Gasteiger partial charge in [0.25, 0.3) is 0 Å². The molecule has 1 aliphatic rings. The molecule has 126 valence electrons. The molecule has 1 saturated heterocycles. The Balaban J connectivity index is 2.06. The normalized spacial score (nSPS) is 18.0. The highest BCUT2D eigenvalue weighted by molar-refractivity contribution is 5.78. The Kier molecular flexibility index (Phi) is 4.74. The molecule has 0 saturated carbocycles. The third-order valence-electron chi connectivity index (χ3n) is 4.33. The van der Waals surface area contributed by atoms with Gasteiger partial charge >= 0.3 is 5.97 Å². The van der Waals surface area contributed by atoms with Gasteiger partial charge in [-0.2, -0.15) is 0 Å². The second-order valence-corrected chi connectivity index (χ2v) is 6.41. The molecule has 0 radical (unpaired) electrons. The fourth-order valence-corrected chi connectivity index (χ4v) is 2.98. The molecule has 0 aromatic carbocycles. The van der Waals surface area contributed by atoms with Crippen molar-refractivity contribution in [2.75, 3.05) is 11.4 Å². The van der Waals surface area contributed by atoms with Crippen molar-refractivity contribution in [1.29, 1.82) is 0 Å². The first kappa shape index (κ1) is 16.4. The predicted molar refractivity (Wildman–Crippen MR) is 92.0 cm³/mol. The number of aliphatic carboxylic acids is 1. The summed E-state index contributed by atoms with van der Waals surface area (Å²) in [7, 11) is 0. The van der Waals surface area contributed by atoms with Gasteiger partial charge in [-0.1, -0.05) is 13.8 Å². The van der Waals surface area contributed by atoms with E-state index in [1.54, 1.807) is 12.4 Å². The maximum atomic E-state index is 11.6. The minimum Gasteiger partial charge on any atom is -0.480 e. The number of aromatic nitrogens is 3. The van der Waals surface area contributed by atoms with E-state index in [0.29, 0.717) is 24.6 Å². The van der Waals surface area contributed by atoms with Crippen LogP contribution in [0.25, 0.3) is 11.4 Å². The van der Waals surface area contributed by atoms with E-state index in [1.165, 1.54) is 0 Å². The van der Waals surface area contributed by atoms with Crippen molar-refractivity contribution in [1.82, 2.24) is 15.0 Å². The standard InChI is InChI=1S/C18H22N4O2/c1-12(2)14-10-16(22-9-4-3-7-15(22)18(23)24)21-17(20-14)13-6-5-8-19-11-13/h5-6,8,10-12,15H,3-4,7,9H2,1-2H3,(H,23,24). The number of hydrogen-bond donors (Lipinski definition) is 1. The molecule has 2 aromatic rings. The lowest BCUT2D eigenvalue weighted by molar-refractivity contribution is -0.139. The van der Waals surface area contributed by atoms with Gasteiger partial charge in [0.1, 0.15) is 11.9 Å². The third kappa shape index (κ3) is 3.37. The van der Waals surface area contributed by atoms with Crippen LogP contribution in [0.2, 0.25) is 0 Å². The zero-order chi connectivity index (χ0) is 17.1. The van der Waals surface area contributed by atoms with E-state index in [-0.39, 0.29) is 5.92 Å². The first-order valence-corrected chi connectivity index (χ1v) is 8.35. The summed E-state index contributed by atoms with van der Waals surface area (Å²) < 4.78 is 0. The Morgan fingerprint density at radius 2 is 2.17 bits per heavy atom. The summed E-state index contributed by atoms with van der Waals surface area (Å²) in [5.41, 5.74) is 1.75. The van der Waals surface area contributed by atoms with E-state index in [0.717, 1.165) is 24.1 Å². The molecular formula is C18H22N4O2. The topological polar surface area (TPSA) is 79.2 Å². The van der Waals surface area contributed by atoms with Crippen molar-refractivity contribution in [2.24, 2.45) is 0 Å². The Labute approximate surface area is 141 Å². The van der Waals surface area contributed by atoms with E-state index >= 15 is 0 Å². The third-order valence-corrected chi connectivity index (χ3v) is 4.33. The van der Waals surface area contributed by atoms with Crippen molar-refractivity contribution in [3.63, 3.8) is 0 Å². The molecule has 6 nitrogen and oxygen atoms in total. The number of rotatable bonds is 4. The molecular weight excluding hydrogens is 304 g/mol. The van der Waals surface area contributed by atoms with E-state index < -0.39 is 12.0 Å². The molecule has 0 bridgehead atoms. The SMILES string of the molecule is CC(C)c1cc(N2CCCCC2C(=O)O)nc(-c2cccnc2)n1. The first-order valence-electron chi connectivity index (χ1n) is 8.35. The molecule has 1 unspecified atom stereocenters. The monoisotopic (exact) mass is 326 g/mol. The molecule has 6 heteroatoms. The fourth-order valence-electron chi connectivity index (χ4n) is 2.98. The van der Waals surface area contributed by atoms with Gasteiger partial charge in [-0.25, -0.2) is 14.8 Å². The molecule has 1 fully saturated rings. The van der Waals surface area contributed by atoms with Gasteiger partial charge in [0.05, 0.1) is 0 Å². The average molecular weight is 326 g/mol. The van der Waals surface area contributed by atoms with E-state index in [2.05, 4.69) is 28.8 Å². The fraction of sp³-hybridized carbons (Fsp3) is 0.444. The van der Waals surface area contributed by atoms with Crippen LogP contribution in [-0.2, 0) is 4.79 Å².